The third kappa shape index (κ3) is 9.32. The lowest BCUT2D eigenvalue weighted by Gasteiger charge is -2.26. The minimum Gasteiger partial charge on any atom is -0.497 e. The topological polar surface area (TPSA) is 67.4 Å². The van der Waals surface area contributed by atoms with Gasteiger partial charge in [0.1, 0.15) is 11.5 Å². The molecule has 0 aliphatic carbocycles. The number of halogens is 1. The maximum absolute atomic E-state index is 5.77. The van der Waals surface area contributed by atoms with Crippen molar-refractivity contribution in [3.05, 3.63) is 54.1 Å². The van der Waals surface area contributed by atoms with E-state index < -0.39 is 0 Å². The second-order valence-corrected chi connectivity index (χ2v) is 7.06. The number of benzene rings is 2. The summed E-state index contributed by atoms with van der Waals surface area (Å²) in [7, 11) is 9.26. The van der Waals surface area contributed by atoms with Gasteiger partial charge in [-0.05, 0) is 43.9 Å². The van der Waals surface area contributed by atoms with E-state index in [1.807, 2.05) is 36.4 Å². The van der Waals surface area contributed by atoms with Gasteiger partial charge in [0.2, 0.25) is 0 Å². The smallest absolute Gasteiger partial charge is 0.195 e. The van der Waals surface area contributed by atoms with Gasteiger partial charge in [0.05, 0.1) is 19.8 Å². The van der Waals surface area contributed by atoms with Gasteiger partial charge in [0, 0.05) is 45.5 Å². The van der Waals surface area contributed by atoms with Crippen LogP contribution in [-0.4, -0.2) is 66.0 Å². The van der Waals surface area contributed by atoms with Crippen molar-refractivity contribution < 1.29 is 14.2 Å². The average Bonchev–Trinajstić information content (AvgIpc) is 2.76. The molecule has 1 unspecified atom stereocenters. The molecule has 0 amide bonds. The van der Waals surface area contributed by atoms with Crippen LogP contribution in [0.2, 0.25) is 0 Å². The second-order valence-electron chi connectivity index (χ2n) is 7.06. The van der Waals surface area contributed by atoms with E-state index in [1.54, 1.807) is 21.3 Å². The van der Waals surface area contributed by atoms with Gasteiger partial charge in [0.15, 0.2) is 5.96 Å². The van der Waals surface area contributed by atoms with Gasteiger partial charge in [-0.1, -0.05) is 18.2 Å². The summed E-state index contributed by atoms with van der Waals surface area (Å²) in [6.45, 7) is 2.00. The highest BCUT2D eigenvalue weighted by Crippen LogP contribution is 2.22. The number of anilines is 1. The summed E-state index contributed by atoms with van der Waals surface area (Å²) in [5.74, 6) is 2.36. The van der Waals surface area contributed by atoms with Crippen LogP contribution in [0.15, 0.2) is 53.5 Å². The third-order valence-corrected chi connectivity index (χ3v) is 4.65. The normalized spacial score (nSPS) is 12.1. The third-order valence-electron chi connectivity index (χ3n) is 4.65. The van der Waals surface area contributed by atoms with E-state index in [0.717, 1.165) is 23.6 Å². The molecule has 8 heteroatoms. The Morgan fingerprint density at radius 2 is 1.77 bits per heavy atom. The maximum atomic E-state index is 5.77. The van der Waals surface area contributed by atoms with E-state index in [0.29, 0.717) is 25.7 Å². The molecule has 2 aromatic rings. The highest BCUT2D eigenvalue weighted by molar-refractivity contribution is 14.0. The fourth-order valence-corrected chi connectivity index (χ4v) is 3.01. The van der Waals surface area contributed by atoms with Crippen molar-refractivity contribution in [1.82, 2.24) is 10.2 Å². The van der Waals surface area contributed by atoms with Crippen molar-refractivity contribution in [2.45, 2.75) is 12.5 Å². The van der Waals surface area contributed by atoms with Gasteiger partial charge in [-0.15, -0.1) is 24.0 Å². The Morgan fingerprint density at radius 1 is 1.03 bits per heavy atom. The Hall–Kier alpha value is -2.04. The van der Waals surface area contributed by atoms with Gasteiger partial charge in [-0.3, -0.25) is 4.99 Å². The first-order chi connectivity index (χ1) is 14.6. The van der Waals surface area contributed by atoms with Crippen LogP contribution in [0.25, 0.3) is 0 Å². The molecule has 2 aromatic carbocycles. The van der Waals surface area contributed by atoms with Gasteiger partial charge in [-0.25, -0.2) is 0 Å². The summed E-state index contributed by atoms with van der Waals surface area (Å²) < 4.78 is 16.2. The Bertz CT molecular complexity index is 802. The number of likely N-dealkylation sites (N-methyl/N-ethyl adjacent to an activating group) is 1. The fourth-order valence-electron chi connectivity index (χ4n) is 3.01. The highest BCUT2D eigenvalue weighted by atomic mass is 127. The van der Waals surface area contributed by atoms with E-state index in [9.17, 15) is 0 Å². The summed E-state index contributed by atoms with van der Waals surface area (Å²) in [5.41, 5.74) is 2.09. The number of ether oxygens (including phenoxy) is 3. The van der Waals surface area contributed by atoms with Crippen LogP contribution in [0.4, 0.5) is 5.69 Å². The minimum absolute atomic E-state index is 0. The number of hydrogen-bond acceptors (Lipinski definition) is 5. The molecule has 0 bridgehead atoms. The zero-order valence-corrected chi connectivity index (χ0v) is 21.4. The van der Waals surface area contributed by atoms with Crippen molar-refractivity contribution in [3.63, 3.8) is 0 Å². The van der Waals surface area contributed by atoms with E-state index in [4.69, 9.17) is 14.2 Å². The molecule has 1 atom stereocenters. The number of rotatable bonds is 11. The van der Waals surface area contributed by atoms with E-state index in [-0.39, 0.29) is 30.0 Å². The largest absolute Gasteiger partial charge is 0.497 e. The molecule has 0 heterocycles. The molecule has 0 spiro atoms. The van der Waals surface area contributed by atoms with Crippen LogP contribution in [-0.2, 0) is 4.74 Å². The first kappa shape index (κ1) is 27.0. The molecule has 2 N–H and O–H groups in total. The molecule has 0 saturated heterocycles. The van der Waals surface area contributed by atoms with Gasteiger partial charge in [0.25, 0.3) is 0 Å². The lowest BCUT2D eigenvalue weighted by Crippen LogP contribution is -2.38. The van der Waals surface area contributed by atoms with Crippen LogP contribution in [0.1, 0.15) is 18.0 Å². The van der Waals surface area contributed by atoms with Crippen molar-refractivity contribution in [3.8, 4) is 11.5 Å². The standard InChI is InChI=1S/C23H34N4O3.HI/c1-24-23(26-19-10-7-12-21(16-19)30-14-8-13-28-4)25-17-22(27(2)3)18-9-6-11-20(15-18)29-5;/h6-7,9-12,15-16,22H,8,13-14,17H2,1-5H3,(H2,24,25,26);1H. The molecule has 0 saturated carbocycles. The molecule has 7 nitrogen and oxygen atoms in total. The van der Waals surface area contributed by atoms with Crippen LogP contribution in [0.3, 0.4) is 0 Å². The molecule has 172 valence electrons. The molecule has 0 aliphatic rings. The first-order valence-corrected chi connectivity index (χ1v) is 10.1. The molecular weight excluding hydrogens is 507 g/mol. The molecule has 2 rings (SSSR count). The average molecular weight is 542 g/mol. The Morgan fingerprint density at radius 3 is 2.45 bits per heavy atom. The maximum Gasteiger partial charge on any atom is 0.195 e. The molecule has 0 radical (unpaired) electrons. The monoisotopic (exact) mass is 542 g/mol. The SMILES string of the molecule is CN=C(NCC(c1cccc(OC)c1)N(C)C)Nc1cccc(OCCCOC)c1.I. The van der Waals surface area contributed by atoms with E-state index >= 15 is 0 Å². The Balaban J connectivity index is 0.00000480. The summed E-state index contributed by atoms with van der Waals surface area (Å²) in [6.07, 6.45) is 0.855. The van der Waals surface area contributed by atoms with Crippen LogP contribution < -0.4 is 20.1 Å². The Labute approximate surface area is 203 Å². The van der Waals surface area contributed by atoms with Crippen LogP contribution in [0.5, 0.6) is 11.5 Å². The quantitative estimate of drug-likeness (QED) is 0.194. The van der Waals surface area contributed by atoms with Gasteiger partial charge < -0.3 is 29.7 Å². The molecule has 0 fully saturated rings. The second kappa shape index (κ2) is 14.9. The zero-order valence-electron chi connectivity index (χ0n) is 19.1. The zero-order chi connectivity index (χ0) is 21.8. The minimum atomic E-state index is 0. The van der Waals surface area contributed by atoms with Crippen molar-refractivity contribution in [2.75, 3.05) is 60.4 Å². The lowest BCUT2D eigenvalue weighted by atomic mass is 10.1. The molecule has 31 heavy (non-hydrogen) atoms. The number of guanidine groups is 1. The number of nitrogens with zero attached hydrogens (tertiary/aromatic N) is 2. The predicted molar refractivity (Wildman–Crippen MR) is 138 cm³/mol. The number of hydrogen-bond donors (Lipinski definition) is 2. The Kier molecular flexibility index (Phi) is 13.0. The van der Waals surface area contributed by atoms with Crippen molar-refractivity contribution in [1.29, 1.82) is 0 Å². The summed E-state index contributed by atoms with van der Waals surface area (Å²) in [5, 5.41) is 6.74. The van der Waals surface area contributed by atoms with Gasteiger partial charge in [-0.2, -0.15) is 0 Å². The first-order valence-electron chi connectivity index (χ1n) is 10.1. The van der Waals surface area contributed by atoms with Crippen molar-refractivity contribution in [2.24, 2.45) is 4.99 Å². The van der Waals surface area contributed by atoms with Crippen molar-refractivity contribution >= 4 is 35.6 Å². The van der Waals surface area contributed by atoms with Crippen LogP contribution >= 0.6 is 24.0 Å². The number of aliphatic imine (C=N–C) groups is 1. The molecule has 0 aliphatic heterocycles. The number of nitrogens with one attached hydrogen (secondary N) is 2. The van der Waals surface area contributed by atoms with E-state index in [1.165, 1.54) is 5.56 Å². The summed E-state index contributed by atoms with van der Waals surface area (Å²) in [6, 6.07) is 16.1. The summed E-state index contributed by atoms with van der Waals surface area (Å²) >= 11 is 0. The predicted octanol–water partition coefficient (Wildman–Crippen LogP) is 4.02. The van der Waals surface area contributed by atoms with Gasteiger partial charge >= 0.3 is 0 Å². The van der Waals surface area contributed by atoms with E-state index in [2.05, 4.69) is 46.8 Å². The van der Waals surface area contributed by atoms with Crippen LogP contribution in [0, 0.1) is 0 Å². The number of methoxy groups -OCH3 is 2. The lowest BCUT2D eigenvalue weighted by molar-refractivity contribution is 0.172. The summed E-state index contributed by atoms with van der Waals surface area (Å²) in [4.78, 5) is 6.52. The molecule has 0 aromatic heterocycles. The fraction of sp³-hybridized carbons (Fsp3) is 0.435. The highest BCUT2D eigenvalue weighted by Gasteiger charge is 2.15. The molecular formula is C23H35IN4O3.